The fraction of sp³-hybridized carbons (Fsp3) is 0.695. The van der Waals surface area contributed by atoms with Crippen molar-refractivity contribution in [2.75, 3.05) is 40.4 Å². The Labute approximate surface area is 455 Å². The fourth-order valence-electron chi connectivity index (χ4n) is 13.0. The highest BCUT2D eigenvalue weighted by Gasteiger charge is 2.46. The summed E-state index contributed by atoms with van der Waals surface area (Å²) in [7, 11) is 3.40. The minimum absolute atomic E-state index is 0.0309. The molecule has 0 aromatic heterocycles. The third kappa shape index (κ3) is 14.3. The van der Waals surface area contributed by atoms with E-state index in [1.807, 2.05) is 36.4 Å². The standard InChI is InChI=1S/C59H88N8O10/c1-36(60-3)54(70)64-52(38-18-8-5-9-19-38)58(74)66-34-40(68)32-48(66)56(72)62-46-26-14-24-44-42(46)22-16-28-50(44)76-30-12-7-13-31-77-51-29-17-23-43-45(51)25-15-27-47(43)63-57(73)49-33-41(69)35-67(49)59(75)53(39-20-10-6-11-21-39)65-55(71)37(2)61-4/h16-17,22-23,28-29,36-41,46-49,52-53,60-61,68-69H,5-15,18-21,24-27,30-35H2,1-4H3,(H,62,72)(H,63,73)(H,64,70)(H,65,71)/t36-,37-,40-,41-,46+,47+,48-,49-,52-,53-/m0/s1. The molecule has 0 unspecified atom stereocenters. The molecule has 2 saturated heterocycles. The molecule has 2 heterocycles. The summed E-state index contributed by atoms with van der Waals surface area (Å²) in [5.41, 5.74) is 4.15. The minimum Gasteiger partial charge on any atom is -0.493 e. The summed E-state index contributed by atoms with van der Waals surface area (Å²) in [6.07, 6.45) is 15.3. The minimum atomic E-state index is -0.849. The summed E-state index contributed by atoms with van der Waals surface area (Å²) in [5.74, 6) is -0.183. The monoisotopic (exact) mass is 1070 g/mol. The zero-order chi connectivity index (χ0) is 54.6. The number of amides is 6. The van der Waals surface area contributed by atoms with E-state index in [0.29, 0.717) is 13.2 Å². The summed E-state index contributed by atoms with van der Waals surface area (Å²) in [6, 6.07) is 7.21. The van der Waals surface area contributed by atoms with Gasteiger partial charge in [0.15, 0.2) is 0 Å². The number of β-amino-alcohol motifs (C(OH)–C–C–N with tert-alkyl or cyclic N) is 2. The van der Waals surface area contributed by atoms with E-state index >= 15 is 0 Å². The maximum atomic E-state index is 14.3. The first-order chi connectivity index (χ1) is 37.3. The lowest BCUT2D eigenvalue weighted by atomic mass is 9.83. The Kier molecular flexibility index (Phi) is 20.7. The number of aliphatic hydroxyl groups is 2. The van der Waals surface area contributed by atoms with Crippen LogP contribution in [0.5, 0.6) is 11.5 Å². The number of fused-ring (bicyclic) bond motifs is 2. The average molecular weight is 1070 g/mol. The maximum Gasteiger partial charge on any atom is 0.246 e. The molecular weight excluding hydrogens is 981 g/mol. The van der Waals surface area contributed by atoms with Crippen LogP contribution < -0.4 is 41.4 Å². The number of rotatable bonds is 22. The lowest BCUT2D eigenvalue weighted by Crippen LogP contribution is -2.58. The molecule has 4 fully saturated rings. The summed E-state index contributed by atoms with van der Waals surface area (Å²) >= 11 is 0. The molecule has 6 amide bonds. The number of aliphatic hydroxyl groups excluding tert-OH is 2. The van der Waals surface area contributed by atoms with E-state index < -0.39 is 48.5 Å². The molecule has 2 saturated carbocycles. The number of unbranched alkanes of at least 4 members (excludes halogenated alkanes) is 2. The van der Waals surface area contributed by atoms with E-state index in [-0.39, 0.29) is 85.3 Å². The largest absolute Gasteiger partial charge is 0.493 e. The van der Waals surface area contributed by atoms with E-state index in [9.17, 15) is 39.0 Å². The lowest BCUT2D eigenvalue weighted by Gasteiger charge is -2.35. The molecule has 0 bridgehead atoms. The van der Waals surface area contributed by atoms with Gasteiger partial charge in [-0.1, -0.05) is 62.8 Å². The van der Waals surface area contributed by atoms with Crippen LogP contribution in [-0.2, 0) is 41.6 Å². The summed E-state index contributed by atoms with van der Waals surface area (Å²) in [6.45, 7) is 4.62. The molecule has 2 aromatic carbocycles. The van der Waals surface area contributed by atoms with Crippen molar-refractivity contribution in [3.63, 3.8) is 0 Å². The van der Waals surface area contributed by atoms with Crippen LogP contribution in [0, 0.1) is 11.8 Å². The van der Waals surface area contributed by atoms with Crippen molar-refractivity contribution < 1.29 is 48.5 Å². The fourth-order valence-corrected chi connectivity index (χ4v) is 13.0. The van der Waals surface area contributed by atoms with Gasteiger partial charge >= 0.3 is 0 Å². The van der Waals surface area contributed by atoms with E-state index in [4.69, 9.17) is 9.47 Å². The van der Waals surface area contributed by atoms with Crippen LogP contribution in [0.25, 0.3) is 0 Å². The zero-order valence-corrected chi connectivity index (χ0v) is 46.1. The molecule has 8 rings (SSSR count). The van der Waals surface area contributed by atoms with Gasteiger partial charge in [-0.05, 0) is 158 Å². The molecule has 2 aromatic rings. The van der Waals surface area contributed by atoms with Crippen LogP contribution in [0.2, 0.25) is 0 Å². The molecular formula is C59H88N8O10. The number of carbonyl (C=O) groups is 6. The number of hydrogen-bond acceptors (Lipinski definition) is 12. The van der Waals surface area contributed by atoms with E-state index in [1.165, 1.54) is 9.80 Å². The molecule has 4 aliphatic carbocycles. The summed E-state index contributed by atoms with van der Waals surface area (Å²) in [4.78, 5) is 86.1. The predicted octanol–water partition coefficient (Wildman–Crippen LogP) is 4.57. The Hall–Kier alpha value is -5.30. The SMILES string of the molecule is CN[C@@H](C)C(=O)N[C@H](C(=O)N1C[C@@H](O)C[C@H]1C(=O)N[C@@H]1CCCc2c(OCCCCCOc3cccc4c3CCC[C@H]4NC(=O)[C@@H]3C[C@H](O)CN3C(=O)[C@@H](NC(=O)[C@H](C)NC)C3CCCCC3)cccc21)C1CCCCC1. The first-order valence-corrected chi connectivity index (χ1v) is 29.3. The van der Waals surface area contributed by atoms with Gasteiger partial charge in [0.1, 0.15) is 35.7 Å². The van der Waals surface area contributed by atoms with Crippen LogP contribution in [0.4, 0.5) is 0 Å². The van der Waals surface area contributed by atoms with Crippen molar-refractivity contribution in [3.05, 3.63) is 58.7 Å². The second kappa shape index (κ2) is 27.5. The summed E-state index contributed by atoms with van der Waals surface area (Å²) < 4.78 is 12.8. The average Bonchev–Trinajstić information content (AvgIpc) is 4.05. The van der Waals surface area contributed by atoms with Gasteiger partial charge in [0.25, 0.3) is 0 Å². The van der Waals surface area contributed by atoms with Gasteiger partial charge in [0.05, 0.1) is 49.6 Å². The van der Waals surface area contributed by atoms with Crippen LogP contribution in [0.3, 0.4) is 0 Å². The predicted molar refractivity (Wildman–Crippen MR) is 292 cm³/mol. The number of likely N-dealkylation sites (tertiary alicyclic amines) is 2. The highest BCUT2D eigenvalue weighted by Crippen LogP contribution is 2.39. The third-order valence-corrected chi connectivity index (χ3v) is 17.6. The number of ether oxygens (including phenoxy) is 2. The van der Waals surface area contributed by atoms with Crippen molar-refractivity contribution in [2.45, 2.75) is 209 Å². The quantitative estimate of drug-likeness (QED) is 0.0758. The molecule has 424 valence electrons. The van der Waals surface area contributed by atoms with Crippen molar-refractivity contribution in [1.82, 2.24) is 41.7 Å². The van der Waals surface area contributed by atoms with Gasteiger partial charge in [-0.15, -0.1) is 0 Å². The Balaban J connectivity index is 0.814. The zero-order valence-electron chi connectivity index (χ0n) is 46.1. The van der Waals surface area contributed by atoms with E-state index in [2.05, 4.69) is 31.9 Å². The molecule has 8 N–H and O–H groups in total. The van der Waals surface area contributed by atoms with Crippen molar-refractivity contribution in [1.29, 1.82) is 0 Å². The molecule has 6 aliphatic rings. The number of benzene rings is 2. The Bertz CT molecular complexity index is 2200. The Morgan fingerprint density at radius 2 is 0.961 bits per heavy atom. The highest BCUT2D eigenvalue weighted by molar-refractivity contribution is 5.95. The topological polar surface area (TPSA) is 240 Å². The van der Waals surface area contributed by atoms with Crippen LogP contribution >= 0.6 is 0 Å². The Morgan fingerprint density at radius 1 is 0.558 bits per heavy atom. The summed E-state index contributed by atoms with van der Waals surface area (Å²) in [5, 5.41) is 40.1. The maximum absolute atomic E-state index is 14.3. The number of nitrogens with one attached hydrogen (secondary N) is 6. The molecule has 2 aliphatic heterocycles. The van der Waals surface area contributed by atoms with Crippen molar-refractivity contribution in [2.24, 2.45) is 11.8 Å². The first-order valence-electron chi connectivity index (χ1n) is 29.3. The molecule has 77 heavy (non-hydrogen) atoms. The highest BCUT2D eigenvalue weighted by atomic mass is 16.5. The van der Waals surface area contributed by atoms with Crippen molar-refractivity contribution in [3.8, 4) is 11.5 Å². The molecule has 0 radical (unpaired) electrons. The Morgan fingerprint density at radius 3 is 1.35 bits per heavy atom. The van der Waals surface area contributed by atoms with Crippen LogP contribution in [0.1, 0.15) is 170 Å². The van der Waals surface area contributed by atoms with Gasteiger partial charge in [-0.25, -0.2) is 0 Å². The van der Waals surface area contributed by atoms with Crippen molar-refractivity contribution >= 4 is 35.4 Å². The number of carbonyl (C=O) groups excluding carboxylic acids is 6. The number of nitrogens with zero attached hydrogens (tertiary/aromatic N) is 2. The molecule has 18 heteroatoms. The molecule has 0 spiro atoms. The van der Waals surface area contributed by atoms with E-state index in [1.54, 1.807) is 27.9 Å². The smallest absolute Gasteiger partial charge is 0.246 e. The van der Waals surface area contributed by atoms with Gasteiger partial charge in [-0.2, -0.15) is 0 Å². The third-order valence-electron chi connectivity index (χ3n) is 17.6. The van der Waals surface area contributed by atoms with Crippen LogP contribution in [0.15, 0.2) is 36.4 Å². The van der Waals surface area contributed by atoms with E-state index in [0.717, 1.165) is 156 Å². The normalized spacial score (nSPS) is 25.3. The van der Waals surface area contributed by atoms with Gasteiger partial charge < -0.3 is 61.4 Å². The van der Waals surface area contributed by atoms with Gasteiger partial charge in [0, 0.05) is 25.9 Å². The first kappa shape index (κ1) is 57.9. The second-order valence-corrected chi connectivity index (χ2v) is 22.9. The van der Waals surface area contributed by atoms with Gasteiger partial charge in [-0.3, -0.25) is 28.8 Å². The molecule has 10 atom stereocenters. The van der Waals surface area contributed by atoms with Gasteiger partial charge in [0.2, 0.25) is 35.4 Å². The lowest BCUT2D eigenvalue weighted by molar-refractivity contribution is -0.143. The number of hydrogen-bond donors (Lipinski definition) is 8. The van der Waals surface area contributed by atoms with Crippen LogP contribution in [-0.4, -0.2) is 144 Å². The second-order valence-electron chi connectivity index (χ2n) is 22.9. The number of likely N-dealkylation sites (N-methyl/N-ethyl adjacent to an activating group) is 2. The molecule has 18 nitrogen and oxygen atoms in total.